The van der Waals surface area contributed by atoms with Gasteiger partial charge in [0, 0.05) is 10.6 Å². The average molecular weight is 439 g/mol. The lowest BCUT2D eigenvalue weighted by Crippen LogP contribution is -2.36. The van der Waals surface area contributed by atoms with Crippen LogP contribution in [0.25, 0.3) is 22.3 Å². The van der Waals surface area contributed by atoms with E-state index in [0.717, 1.165) is 5.56 Å². The Labute approximate surface area is 182 Å². The third kappa shape index (κ3) is 4.15. The minimum absolute atomic E-state index is 0.168. The van der Waals surface area contributed by atoms with Gasteiger partial charge in [-0.25, -0.2) is 9.66 Å². The third-order valence-corrected chi connectivity index (χ3v) is 4.96. The van der Waals surface area contributed by atoms with E-state index < -0.39 is 0 Å². The molecule has 3 aromatic carbocycles. The number of carbonyl (C=O) groups is 1. The first kappa shape index (κ1) is 19.9. The van der Waals surface area contributed by atoms with Crippen molar-refractivity contribution in [3.63, 3.8) is 0 Å². The number of carbonyl (C=O) groups excluding carboxylic acids is 1. The van der Waals surface area contributed by atoms with Crippen LogP contribution < -0.4 is 16.3 Å². The van der Waals surface area contributed by atoms with Gasteiger partial charge in [-0.2, -0.15) is 0 Å². The van der Waals surface area contributed by atoms with E-state index in [1.165, 1.54) is 10.7 Å². The van der Waals surface area contributed by atoms with Crippen LogP contribution in [0.3, 0.4) is 0 Å². The van der Waals surface area contributed by atoms with E-state index in [4.69, 9.17) is 23.2 Å². The summed E-state index contributed by atoms with van der Waals surface area (Å²) < 4.78 is 1.29. The fraction of sp³-hybridized carbons (Fsp3) is 0.0455. The van der Waals surface area contributed by atoms with E-state index in [1.54, 1.807) is 30.3 Å². The Morgan fingerprint density at radius 3 is 2.47 bits per heavy atom. The van der Waals surface area contributed by atoms with Crippen LogP contribution in [-0.4, -0.2) is 22.1 Å². The maximum absolute atomic E-state index is 13.1. The highest BCUT2D eigenvalue weighted by Crippen LogP contribution is 2.25. The van der Waals surface area contributed by atoms with E-state index >= 15 is 0 Å². The summed E-state index contributed by atoms with van der Waals surface area (Å²) in [5.74, 6) is 0.0370. The van der Waals surface area contributed by atoms with Crippen molar-refractivity contribution in [1.82, 2.24) is 9.66 Å². The summed E-state index contributed by atoms with van der Waals surface area (Å²) >= 11 is 12.0. The number of hydrogen-bond donors (Lipinski definition) is 2. The minimum atomic E-state index is -0.377. The molecule has 0 unspecified atom stereocenters. The van der Waals surface area contributed by atoms with Crippen molar-refractivity contribution < 1.29 is 4.79 Å². The van der Waals surface area contributed by atoms with Gasteiger partial charge in [0.25, 0.3) is 5.56 Å². The van der Waals surface area contributed by atoms with Gasteiger partial charge in [-0.05, 0) is 30.3 Å². The smallest absolute Gasteiger partial charge is 0.280 e. The molecular formula is C22H16Cl2N4O2. The molecule has 30 heavy (non-hydrogen) atoms. The number of nitrogens with zero attached hydrogens (tertiary/aromatic N) is 2. The number of hydrogen-bond acceptors (Lipinski definition) is 4. The van der Waals surface area contributed by atoms with Crippen LogP contribution in [-0.2, 0) is 4.79 Å². The van der Waals surface area contributed by atoms with Crippen LogP contribution in [0.15, 0.2) is 77.6 Å². The standard InChI is InChI=1S/C22H16Cl2N4O2/c23-15-10-11-19(17(24)12-15)26-20(29)13-25-28-21(14-6-2-1-3-7-14)27-18-9-5-4-8-16(18)22(28)30/h1-12,25H,13H2,(H,26,29). The zero-order chi connectivity index (χ0) is 21.1. The number of para-hydroxylation sites is 1. The number of amides is 1. The number of halogens is 2. The molecule has 1 heterocycles. The molecule has 0 aliphatic carbocycles. The molecule has 1 aromatic heterocycles. The second-order valence-corrected chi connectivity index (χ2v) is 7.31. The van der Waals surface area contributed by atoms with E-state index in [-0.39, 0.29) is 18.0 Å². The molecule has 4 rings (SSSR count). The zero-order valence-electron chi connectivity index (χ0n) is 15.6. The normalized spacial score (nSPS) is 10.7. The minimum Gasteiger partial charge on any atom is -0.323 e. The Hall–Kier alpha value is -3.35. The second-order valence-electron chi connectivity index (χ2n) is 6.47. The highest BCUT2D eigenvalue weighted by molar-refractivity contribution is 6.36. The van der Waals surface area contributed by atoms with Crippen molar-refractivity contribution in [1.29, 1.82) is 0 Å². The molecule has 0 fully saturated rings. The van der Waals surface area contributed by atoms with Crippen LogP contribution in [0, 0.1) is 0 Å². The lowest BCUT2D eigenvalue weighted by atomic mass is 10.2. The van der Waals surface area contributed by atoms with Gasteiger partial charge in [0.05, 0.1) is 21.6 Å². The summed E-state index contributed by atoms with van der Waals surface area (Å²) in [6.45, 7) is -0.168. The molecule has 0 saturated carbocycles. The molecule has 8 heteroatoms. The van der Waals surface area contributed by atoms with Gasteiger partial charge in [0.1, 0.15) is 6.54 Å². The fourth-order valence-electron chi connectivity index (χ4n) is 3.00. The maximum Gasteiger partial charge on any atom is 0.280 e. The predicted octanol–water partition coefficient (Wildman–Crippen LogP) is 4.55. The lowest BCUT2D eigenvalue weighted by Gasteiger charge is -2.15. The largest absolute Gasteiger partial charge is 0.323 e. The number of nitrogens with one attached hydrogen (secondary N) is 2. The molecule has 1 amide bonds. The average Bonchev–Trinajstić information content (AvgIpc) is 2.75. The summed E-state index contributed by atoms with van der Waals surface area (Å²) in [6.07, 6.45) is 0. The van der Waals surface area contributed by atoms with Crippen molar-refractivity contribution >= 4 is 45.7 Å². The molecule has 4 aromatic rings. The molecule has 0 aliphatic rings. The highest BCUT2D eigenvalue weighted by atomic mass is 35.5. The number of anilines is 1. The van der Waals surface area contributed by atoms with Gasteiger partial charge in [-0.1, -0.05) is 65.7 Å². The second kappa shape index (κ2) is 8.57. The summed E-state index contributed by atoms with van der Waals surface area (Å²) in [7, 11) is 0. The summed E-state index contributed by atoms with van der Waals surface area (Å²) in [5, 5.41) is 3.94. The zero-order valence-corrected chi connectivity index (χ0v) is 17.1. The van der Waals surface area contributed by atoms with E-state index in [9.17, 15) is 9.59 Å². The highest BCUT2D eigenvalue weighted by Gasteiger charge is 2.14. The molecule has 150 valence electrons. The van der Waals surface area contributed by atoms with Gasteiger partial charge in [-0.15, -0.1) is 0 Å². The number of rotatable bonds is 5. The van der Waals surface area contributed by atoms with Crippen LogP contribution >= 0.6 is 23.2 Å². The molecule has 0 atom stereocenters. The first-order chi connectivity index (χ1) is 14.5. The van der Waals surface area contributed by atoms with Gasteiger partial charge in [0.2, 0.25) is 5.91 Å². The molecule has 6 nitrogen and oxygen atoms in total. The van der Waals surface area contributed by atoms with Gasteiger partial charge in [0.15, 0.2) is 5.82 Å². The summed E-state index contributed by atoms with van der Waals surface area (Å²) in [4.78, 5) is 30.1. The molecule has 2 N–H and O–H groups in total. The Morgan fingerprint density at radius 2 is 1.70 bits per heavy atom. The van der Waals surface area contributed by atoms with Gasteiger partial charge < -0.3 is 10.7 Å². The molecule has 0 saturated heterocycles. The topological polar surface area (TPSA) is 76.0 Å². The van der Waals surface area contributed by atoms with Crippen LogP contribution in [0.5, 0.6) is 0 Å². The number of benzene rings is 3. The molecular weight excluding hydrogens is 423 g/mol. The molecule has 0 aliphatic heterocycles. The van der Waals surface area contributed by atoms with Gasteiger partial charge >= 0.3 is 0 Å². The van der Waals surface area contributed by atoms with Crippen molar-refractivity contribution in [2.45, 2.75) is 0 Å². The van der Waals surface area contributed by atoms with E-state index in [1.807, 2.05) is 36.4 Å². The predicted molar refractivity (Wildman–Crippen MR) is 121 cm³/mol. The number of aromatic nitrogens is 2. The molecule has 0 radical (unpaired) electrons. The Balaban J connectivity index is 1.65. The van der Waals surface area contributed by atoms with Crippen LogP contribution in [0.2, 0.25) is 10.0 Å². The summed E-state index contributed by atoms with van der Waals surface area (Å²) in [6, 6.07) is 21.1. The Morgan fingerprint density at radius 1 is 0.967 bits per heavy atom. The SMILES string of the molecule is O=C(CNn1c(-c2ccccc2)nc2ccccc2c1=O)Nc1ccc(Cl)cc1Cl. The van der Waals surface area contributed by atoms with E-state index in [2.05, 4.69) is 15.7 Å². The number of fused-ring (bicyclic) bond motifs is 1. The van der Waals surface area contributed by atoms with Crippen molar-refractivity contribution in [3.05, 3.63) is 93.2 Å². The first-order valence-corrected chi connectivity index (χ1v) is 9.84. The summed E-state index contributed by atoms with van der Waals surface area (Å²) in [5.41, 5.74) is 4.34. The van der Waals surface area contributed by atoms with Crippen LogP contribution in [0.1, 0.15) is 0 Å². The van der Waals surface area contributed by atoms with Crippen molar-refractivity contribution in [2.24, 2.45) is 0 Å². The van der Waals surface area contributed by atoms with Crippen molar-refractivity contribution in [3.8, 4) is 11.4 Å². The van der Waals surface area contributed by atoms with E-state index in [0.29, 0.717) is 32.5 Å². The fourth-order valence-corrected chi connectivity index (χ4v) is 3.45. The van der Waals surface area contributed by atoms with Crippen LogP contribution in [0.4, 0.5) is 5.69 Å². The monoisotopic (exact) mass is 438 g/mol. The maximum atomic E-state index is 13.1. The van der Waals surface area contributed by atoms with Crippen molar-refractivity contribution in [2.75, 3.05) is 17.3 Å². The quantitative estimate of drug-likeness (QED) is 0.479. The first-order valence-electron chi connectivity index (χ1n) is 9.09. The molecule has 0 spiro atoms. The Kier molecular flexibility index (Phi) is 5.70. The molecule has 0 bridgehead atoms. The Bertz CT molecular complexity index is 1290. The lowest BCUT2D eigenvalue weighted by molar-refractivity contribution is -0.114. The van der Waals surface area contributed by atoms with Gasteiger partial charge in [-0.3, -0.25) is 9.59 Å². The third-order valence-electron chi connectivity index (χ3n) is 4.41.